The highest BCUT2D eigenvalue weighted by Gasteiger charge is 2.02. The predicted octanol–water partition coefficient (Wildman–Crippen LogP) is 2.52. The van der Waals surface area contributed by atoms with E-state index in [2.05, 4.69) is 6.58 Å². The molecule has 0 bridgehead atoms. The molecule has 0 heterocycles. The normalized spacial score (nSPS) is 9.69. The lowest BCUT2D eigenvalue weighted by molar-refractivity contribution is 0.406. The van der Waals surface area contributed by atoms with Crippen LogP contribution in [-0.4, -0.2) is 12.2 Å². The van der Waals surface area contributed by atoms with Crippen molar-refractivity contribution in [2.45, 2.75) is 13.3 Å². The molecule has 2 nitrogen and oxygen atoms in total. The number of benzene rings is 1. The maximum atomic E-state index is 9.55. The molecule has 2 heteroatoms. The van der Waals surface area contributed by atoms with Gasteiger partial charge in [-0.3, -0.25) is 0 Å². The Morgan fingerprint density at radius 2 is 2.23 bits per heavy atom. The number of hydrogen-bond donors (Lipinski definition) is 1. The monoisotopic (exact) mass is 178 g/mol. The molecular weight excluding hydrogens is 164 g/mol. The first-order valence-corrected chi connectivity index (χ1v) is 4.13. The van der Waals surface area contributed by atoms with Gasteiger partial charge in [0.25, 0.3) is 0 Å². The van der Waals surface area contributed by atoms with Crippen LogP contribution in [0.15, 0.2) is 30.4 Å². The second-order valence-corrected chi connectivity index (χ2v) is 3.13. The fraction of sp³-hybridized carbons (Fsp3) is 0.273. The molecule has 1 rings (SSSR count). The second kappa shape index (κ2) is 3.99. The zero-order chi connectivity index (χ0) is 9.84. The Morgan fingerprint density at radius 3 is 2.69 bits per heavy atom. The van der Waals surface area contributed by atoms with Crippen molar-refractivity contribution in [2.24, 2.45) is 0 Å². The van der Waals surface area contributed by atoms with E-state index in [0.717, 1.165) is 11.1 Å². The minimum absolute atomic E-state index is 0.266. The molecule has 0 saturated carbocycles. The van der Waals surface area contributed by atoms with E-state index in [0.29, 0.717) is 12.2 Å². The molecule has 1 aromatic carbocycles. The van der Waals surface area contributed by atoms with Crippen molar-refractivity contribution in [3.63, 3.8) is 0 Å². The third kappa shape index (κ3) is 2.51. The van der Waals surface area contributed by atoms with Crippen LogP contribution in [0.2, 0.25) is 0 Å². The smallest absolute Gasteiger partial charge is 0.122 e. The van der Waals surface area contributed by atoms with E-state index in [1.54, 1.807) is 13.2 Å². The highest BCUT2D eigenvalue weighted by atomic mass is 16.5. The van der Waals surface area contributed by atoms with Gasteiger partial charge in [-0.05, 0) is 25.0 Å². The van der Waals surface area contributed by atoms with E-state index in [4.69, 9.17) is 4.74 Å². The molecule has 0 spiro atoms. The lowest BCUT2D eigenvalue weighted by atomic mass is 10.1. The van der Waals surface area contributed by atoms with Gasteiger partial charge >= 0.3 is 0 Å². The van der Waals surface area contributed by atoms with Gasteiger partial charge in [-0.15, -0.1) is 0 Å². The second-order valence-electron chi connectivity index (χ2n) is 3.13. The van der Waals surface area contributed by atoms with Crippen LogP contribution in [0.3, 0.4) is 0 Å². The minimum atomic E-state index is 0.266. The van der Waals surface area contributed by atoms with Gasteiger partial charge < -0.3 is 9.84 Å². The summed E-state index contributed by atoms with van der Waals surface area (Å²) in [6.07, 6.45) is 0.704. The summed E-state index contributed by atoms with van der Waals surface area (Å²) in [4.78, 5) is 0. The van der Waals surface area contributed by atoms with Gasteiger partial charge in [0, 0.05) is 6.07 Å². The SMILES string of the molecule is C=C(C)Cc1ccc(OC)cc1O. The molecule has 1 aromatic rings. The Balaban J connectivity index is 2.91. The third-order valence-electron chi connectivity index (χ3n) is 1.78. The molecule has 0 saturated heterocycles. The number of methoxy groups -OCH3 is 1. The van der Waals surface area contributed by atoms with Gasteiger partial charge in [0.1, 0.15) is 11.5 Å². The first-order valence-electron chi connectivity index (χ1n) is 4.13. The number of aromatic hydroxyl groups is 1. The molecule has 0 aliphatic heterocycles. The molecule has 0 atom stereocenters. The van der Waals surface area contributed by atoms with Crippen molar-refractivity contribution in [2.75, 3.05) is 7.11 Å². The van der Waals surface area contributed by atoms with Gasteiger partial charge in [-0.25, -0.2) is 0 Å². The van der Waals surface area contributed by atoms with E-state index in [9.17, 15) is 5.11 Å². The maximum absolute atomic E-state index is 9.55. The summed E-state index contributed by atoms with van der Waals surface area (Å²) in [5.74, 6) is 0.935. The lowest BCUT2D eigenvalue weighted by Gasteiger charge is -2.06. The Kier molecular flexibility index (Phi) is 2.96. The van der Waals surface area contributed by atoms with Gasteiger partial charge in [-0.1, -0.05) is 18.2 Å². The van der Waals surface area contributed by atoms with E-state index in [-0.39, 0.29) is 5.75 Å². The van der Waals surface area contributed by atoms with Crippen LogP contribution in [0.25, 0.3) is 0 Å². The average molecular weight is 178 g/mol. The van der Waals surface area contributed by atoms with Crippen LogP contribution in [0.1, 0.15) is 12.5 Å². The first kappa shape index (κ1) is 9.65. The van der Waals surface area contributed by atoms with Crippen molar-refractivity contribution in [1.29, 1.82) is 0 Å². The zero-order valence-electron chi connectivity index (χ0n) is 8.00. The van der Waals surface area contributed by atoms with Crippen molar-refractivity contribution in [1.82, 2.24) is 0 Å². The number of phenolic OH excluding ortho intramolecular Hbond substituents is 1. The first-order chi connectivity index (χ1) is 6.13. The Bertz CT molecular complexity index is 316. The highest BCUT2D eigenvalue weighted by molar-refractivity contribution is 5.41. The van der Waals surface area contributed by atoms with Crippen LogP contribution in [0.5, 0.6) is 11.5 Å². The van der Waals surface area contributed by atoms with Crippen molar-refractivity contribution in [3.8, 4) is 11.5 Å². The average Bonchev–Trinajstić information content (AvgIpc) is 2.08. The molecular formula is C11H14O2. The quantitative estimate of drug-likeness (QED) is 0.721. The van der Waals surface area contributed by atoms with Gasteiger partial charge in [0.05, 0.1) is 7.11 Å². The molecule has 0 amide bonds. The molecule has 70 valence electrons. The Morgan fingerprint density at radius 1 is 1.54 bits per heavy atom. The van der Waals surface area contributed by atoms with Crippen LogP contribution in [0.4, 0.5) is 0 Å². The van der Waals surface area contributed by atoms with E-state index >= 15 is 0 Å². The number of phenols is 1. The summed E-state index contributed by atoms with van der Waals surface area (Å²) in [7, 11) is 1.58. The van der Waals surface area contributed by atoms with E-state index < -0.39 is 0 Å². The zero-order valence-corrected chi connectivity index (χ0v) is 8.00. The summed E-state index contributed by atoms with van der Waals surface area (Å²) in [5, 5.41) is 9.55. The Labute approximate surface area is 78.5 Å². The number of rotatable bonds is 3. The molecule has 0 aliphatic carbocycles. The van der Waals surface area contributed by atoms with Gasteiger partial charge in [0.2, 0.25) is 0 Å². The summed E-state index contributed by atoms with van der Waals surface area (Å²) in [6, 6.07) is 5.29. The van der Waals surface area contributed by atoms with Crippen LogP contribution in [0, 0.1) is 0 Å². The Hall–Kier alpha value is -1.44. The van der Waals surface area contributed by atoms with Crippen LogP contribution < -0.4 is 4.74 Å². The summed E-state index contributed by atoms with van der Waals surface area (Å²) in [6.45, 7) is 5.73. The standard InChI is InChI=1S/C11H14O2/c1-8(2)6-9-4-5-10(13-3)7-11(9)12/h4-5,7,12H,1,6H2,2-3H3. The van der Waals surface area contributed by atoms with Crippen molar-refractivity contribution in [3.05, 3.63) is 35.9 Å². The van der Waals surface area contributed by atoms with E-state index in [1.807, 2.05) is 19.1 Å². The van der Waals surface area contributed by atoms with E-state index in [1.165, 1.54) is 0 Å². The van der Waals surface area contributed by atoms with Gasteiger partial charge in [-0.2, -0.15) is 0 Å². The van der Waals surface area contributed by atoms with Gasteiger partial charge in [0.15, 0.2) is 0 Å². The molecule has 0 unspecified atom stereocenters. The molecule has 0 fully saturated rings. The molecule has 0 radical (unpaired) electrons. The van der Waals surface area contributed by atoms with Crippen molar-refractivity contribution >= 4 is 0 Å². The maximum Gasteiger partial charge on any atom is 0.122 e. The fourth-order valence-corrected chi connectivity index (χ4v) is 1.15. The topological polar surface area (TPSA) is 29.5 Å². The molecule has 13 heavy (non-hydrogen) atoms. The minimum Gasteiger partial charge on any atom is -0.508 e. The molecule has 0 aliphatic rings. The van der Waals surface area contributed by atoms with Crippen LogP contribution in [-0.2, 0) is 6.42 Å². The lowest BCUT2D eigenvalue weighted by Crippen LogP contribution is -1.88. The third-order valence-corrected chi connectivity index (χ3v) is 1.78. The summed E-state index contributed by atoms with van der Waals surface area (Å²) in [5.41, 5.74) is 1.91. The summed E-state index contributed by atoms with van der Waals surface area (Å²) >= 11 is 0. The fourth-order valence-electron chi connectivity index (χ4n) is 1.15. The molecule has 1 N–H and O–H groups in total. The van der Waals surface area contributed by atoms with Crippen LogP contribution >= 0.6 is 0 Å². The highest BCUT2D eigenvalue weighted by Crippen LogP contribution is 2.24. The number of allylic oxidation sites excluding steroid dienone is 1. The summed E-state index contributed by atoms with van der Waals surface area (Å²) < 4.78 is 4.97. The van der Waals surface area contributed by atoms with Crippen molar-refractivity contribution < 1.29 is 9.84 Å². The largest absolute Gasteiger partial charge is 0.508 e. The molecule has 0 aromatic heterocycles. The number of hydrogen-bond acceptors (Lipinski definition) is 2. The number of ether oxygens (including phenoxy) is 1. The predicted molar refractivity (Wildman–Crippen MR) is 53.2 cm³/mol.